The maximum atomic E-state index is 11.9. The number of hydrogen-bond donors (Lipinski definition) is 0. The Balaban J connectivity index is 2.07. The molecule has 1 aromatic heterocycles. The minimum atomic E-state index is -0.749. The van der Waals surface area contributed by atoms with Gasteiger partial charge in [0.15, 0.2) is 18.1 Å². The van der Waals surface area contributed by atoms with Gasteiger partial charge in [-0.15, -0.1) is 11.8 Å². The van der Waals surface area contributed by atoms with Gasteiger partial charge >= 0.3 is 6.09 Å². The zero-order valence-corrected chi connectivity index (χ0v) is 19.8. The van der Waals surface area contributed by atoms with Gasteiger partial charge in [-0.3, -0.25) is 0 Å². The molecule has 0 saturated heterocycles. The summed E-state index contributed by atoms with van der Waals surface area (Å²) in [6, 6.07) is 14.2. The van der Waals surface area contributed by atoms with Crippen LogP contribution >= 0.6 is 11.8 Å². The van der Waals surface area contributed by atoms with Gasteiger partial charge in [-0.05, 0) is 48.7 Å². The first kappa shape index (κ1) is 24.5. The Morgan fingerprint density at radius 2 is 1.94 bits per heavy atom. The summed E-state index contributed by atoms with van der Waals surface area (Å²) >= 11 is 1.24. The molecule has 0 saturated carbocycles. The van der Waals surface area contributed by atoms with Gasteiger partial charge in [0.2, 0.25) is 11.7 Å². The van der Waals surface area contributed by atoms with Crippen LogP contribution in [0.3, 0.4) is 0 Å². The number of aromatic nitrogens is 2. The minimum absolute atomic E-state index is 0.122. The van der Waals surface area contributed by atoms with E-state index in [2.05, 4.69) is 15.1 Å². The van der Waals surface area contributed by atoms with Crippen molar-refractivity contribution >= 4 is 34.3 Å². The number of nitriles is 1. The Labute approximate surface area is 200 Å². The summed E-state index contributed by atoms with van der Waals surface area (Å²) in [5, 5.41) is 13.1. The van der Waals surface area contributed by atoms with Crippen molar-refractivity contribution in [1.82, 2.24) is 10.1 Å². The zero-order chi connectivity index (χ0) is 24.5. The lowest BCUT2D eigenvalue weighted by molar-refractivity contribution is 0.183. The van der Waals surface area contributed by atoms with Crippen molar-refractivity contribution in [3.63, 3.8) is 0 Å². The molecule has 0 aliphatic carbocycles. The van der Waals surface area contributed by atoms with Crippen LogP contribution in [0.25, 0.3) is 11.4 Å². The van der Waals surface area contributed by atoms with E-state index in [1.165, 1.54) is 26.0 Å². The van der Waals surface area contributed by atoms with Crippen molar-refractivity contribution in [1.29, 1.82) is 5.26 Å². The number of rotatable bonds is 7. The third-order valence-electron chi connectivity index (χ3n) is 4.39. The van der Waals surface area contributed by atoms with Crippen LogP contribution in [0, 0.1) is 18.3 Å². The van der Waals surface area contributed by atoms with E-state index in [9.17, 15) is 4.79 Å². The summed E-state index contributed by atoms with van der Waals surface area (Å²) in [5.41, 5.74) is 2.42. The fourth-order valence-corrected chi connectivity index (χ4v) is 3.36. The summed E-state index contributed by atoms with van der Waals surface area (Å²) in [7, 11) is 2.74. The standard InChI is InChI=1S/C23H21N5O5S/c1-14-25-21(28-33-14)15-5-8-17(9-6-15)26-20(22(34-4)27-23(29)31-3)16-7-10-18(32-12-11-24)19(13-16)30-2/h5-10,13H,12H2,1-4H3/b26-20-,27-22-. The molecule has 0 radical (unpaired) electrons. The molecule has 10 nitrogen and oxygen atoms in total. The first-order chi connectivity index (χ1) is 16.5. The van der Waals surface area contributed by atoms with E-state index >= 15 is 0 Å². The molecule has 3 rings (SSSR count). The highest BCUT2D eigenvalue weighted by Crippen LogP contribution is 2.30. The second-order valence-electron chi connectivity index (χ2n) is 6.55. The first-order valence-electron chi connectivity index (χ1n) is 9.87. The van der Waals surface area contributed by atoms with E-state index in [1.54, 1.807) is 43.5 Å². The highest BCUT2D eigenvalue weighted by atomic mass is 32.2. The van der Waals surface area contributed by atoms with Crippen LogP contribution in [0.2, 0.25) is 0 Å². The molecule has 3 aromatic rings. The molecule has 174 valence electrons. The van der Waals surface area contributed by atoms with Crippen LogP contribution in [0.15, 0.2) is 57.0 Å². The summed E-state index contributed by atoms with van der Waals surface area (Å²) in [6.07, 6.45) is 1.03. The number of carbonyl (C=O) groups excluding carboxylic acids is 1. The number of carbonyl (C=O) groups is 1. The molecule has 0 aliphatic rings. The van der Waals surface area contributed by atoms with Gasteiger partial charge in [0.1, 0.15) is 16.8 Å². The largest absolute Gasteiger partial charge is 0.493 e. The maximum absolute atomic E-state index is 11.9. The van der Waals surface area contributed by atoms with E-state index in [1.807, 2.05) is 18.2 Å². The Kier molecular flexibility index (Phi) is 8.37. The van der Waals surface area contributed by atoms with Gasteiger partial charge in [0.25, 0.3) is 0 Å². The zero-order valence-electron chi connectivity index (χ0n) is 18.9. The van der Waals surface area contributed by atoms with E-state index in [4.69, 9.17) is 29.0 Å². The van der Waals surface area contributed by atoms with Gasteiger partial charge in [-0.2, -0.15) is 15.2 Å². The van der Waals surface area contributed by atoms with Crippen molar-refractivity contribution in [2.45, 2.75) is 6.92 Å². The molecule has 1 heterocycles. The fourth-order valence-electron chi connectivity index (χ4n) is 2.83. The summed E-state index contributed by atoms with van der Waals surface area (Å²) in [6.45, 7) is 1.60. The molecule has 0 unspecified atom stereocenters. The molecular formula is C23H21N5O5S. The second kappa shape index (κ2) is 11.6. The number of hydrogen-bond acceptors (Lipinski definition) is 10. The smallest absolute Gasteiger partial charge is 0.434 e. The lowest BCUT2D eigenvalue weighted by Gasteiger charge is -2.13. The van der Waals surface area contributed by atoms with Crippen molar-refractivity contribution in [3.05, 3.63) is 53.9 Å². The van der Waals surface area contributed by atoms with Crippen LogP contribution in [-0.4, -0.2) is 54.1 Å². The molecule has 2 aromatic carbocycles. The van der Waals surface area contributed by atoms with Crippen molar-refractivity contribution < 1.29 is 23.5 Å². The number of benzene rings is 2. The van der Waals surface area contributed by atoms with Gasteiger partial charge in [-0.25, -0.2) is 9.79 Å². The molecule has 0 bridgehead atoms. The number of aryl methyl sites for hydroxylation is 1. The van der Waals surface area contributed by atoms with E-state index in [-0.39, 0.29) is 6.61 Å². The summed E-state index contributed by atoms with van der Waals surface area (Å²) < 4.78 is 20.5. The van der Waals surface area contributed by atoms with E-state index < -0.39 is 6.09 Å². The Morgan fingerprint density at radius 3 is 2.53 bits per heavy atom. The number of aliphatic imine (C=N–C) groups is 2. The van der Waals surface area contributed by atoms with Crippen LogP contribution in [0.1, 0.15) is 11.5 Å². The minimum Gasteiger partial charge on any atom is -0.493 e. The Morgan fingerprint density at radius 1 is 1.18 bits per heavy atom. The van der Waals surface area contributed by atoms with Crippen LogP contribution < -0.4 is 9.47 Å². The summed E-state index contributed by atoms with van der Waals surface area (Å²) in [4.78, 5) is 24.9. The third kappa shape index (κ3) is 5.99. The SMILES string of the molecule is COC(=O)/N=C(SC)/C(=N\c1ccc(-c2noc(C)n2)cc1)c1ccc(OCC#N)c(OC)c1. The maximum Gasteiger partial charge on any atom is 0.434 e. The van der Waals surface area contributed by atoms with Crippen LogP contribution in [-0.2, 0) is 4.74 Å². The molecule has 0 atom stereocenters. The fraction of sp³-hybridized carbons (Fsp3) is 0.217. The average Bonchev–Trinajstić information content (AvgIpc) is 3.31. The molecule has 0 fully saturated rings. The molecule has 0 N–H and O–H groups in total. The number of methoxy groups -OCH3 is 2. The molecular weight excluding hydrogens is 458 g/mol. The molecule has 1 amide bonds. The number of nitrogens with zero attached hydrogens (tertiary/aromatic N) is 5. The van der Waals surface area contributed by atoms with Gasteiger partial charge in [0.05, 0.1) is 19.9 Å². The van der Waals surface area contributed by atoms with E-state index in [0.29, 0.717) is 45.2 Å². The lowest BCUT2D eigenvalue weighted by atomic mass is 10.1. The normalized spacial score (nSPS) is 11.6. The van der Waals surface area contributed by atoms with Crippen molar-refractivity contribution in [3.8, 4) is 29.0 Å². The van der Waals surface area contributed by atoms with Crippen LogP contribution in [0.4, 0.5) is 10.5 Å². The van der Waals surface area contributed by atoms with Crippen molar-refractivity contribution in [2.75, 3.05) is 27.1 Å². The predicted octanol–water partition coefficient (Wildman–Crippen LogP) is 4.60. The summed E-state index contributed by atoms with van der Waals surface area (Å²) in [5.74, 6) is 1.76. The molecule has 0 spiro atoms. The van der Waals surface area contributed by atoms with Gasteiger partial charge in [0, 0.05) is 18.1 Å². The second-order valence-corrected chi connectivity index (χ2v) is 7.34. The van der Waals surface area contributed by atoms with Gasteiger partial charge < -0.3 is 18.7 Å². The third-order valence-corrected chi connectivity index (χ3v) is 5.06. The number of ether oxygens (including phenoxy) is 3. The highest BCUT2D eigenvalue weighted by Gasteiger charge is 2.17. The monoisotopic (exact) mass is 479 g/mol. The molecule has 34 heavy (non-hydrogen) atoms. The molecule has 11 heteroatoms. The van der Waals surface area contributed by atoms with Crippen LogP contribution in [0.5, 0.6) is 11.5 Å². The topological polar surface area (TPSA) is 132 Å². The van der Waals surface area contributed by atoms with E-state index in [0.717, 1.165) is 5.56 Å². The average molecular weight is 480 g/mol. The Hall–Kier alpha value is -4.17. The van der Waals surface area contributed by atoms with Gasteiger partial charge in [-0.1, -0.05) is 5.16 Å². The lowest BCUT2D eigenvalue weighted by Crippen LogP contribution is -2.15. The molecule has 0 aliphatic heterocycles. The first-order valence-corrected chi connectivity index (χ1v) is 11.1. The quantitative estimate of drug-likeness (QED) is 0.352. The predicted molar refractivity (Wildman–Crippen MR) is 128 cm³/mol. The van der Waals surface area contributed by atoms with Crippen molar-refractivity contribution in [2.24, 2.45) is 9.98 Å². The highest BCUT2D eigenvalue weighted by molar-refractivity contribution is 8.15. The Bertz CT molecular complexity index is 1260. The number of amides is 1. The number of thioether (sulfide) groups is 1.